The number of nitrogens with two attached hydrogens (primary N) is 1. The Labute approximate surface area is 223 Å². The number of nitrogens with one attached hydrogen (secondary N) is 1. The van der Waals surface area contributed by atoms with Gasteiger partial charge in [0.25, 0.3) is 0 Å². The van der Waals surface area contributed by atoms with Crippen molar-refractivity contribution in [1.82, 2.24) is 19.5 Å². The number of anilines is 2. The summed E-state index contributed by atoms with van der Waals surface area (Å²) in [4.78, 5) is 33.6. The molecule has 12 heteroatoms. The molecular weight excluding hydrogens is 508 g/mol. The van der Waals surface area contributed by atoms with E-state index in [1.54, 1.807) is 42.3 Å². The third kappa shape index (κ3) is 6.08. The zero-order valence-electron chi connectivity index (χ0n) is 21.5. The van der Waals surface area contributed by atoms with Crippen molar-refractivity contribution in [2.24, 2.45) is 0 Å². The number of rotatable bonds is 8. The molecule has 3 heterocycles. The van der Waals surface area contributed by atoms with Crippen LogP contribution in [0, 0.1) is 0 Å². The number of hydrogen-bond acceptors (Lipinski definition) is 8. The predicted molar refractivity (Wildman–Crippen MR) is 145 cm³/mol. The molecule has 11 nitrogen and oxygen atoms in total. The quantitative estimate of drug-likeness (QED) is 0.516. The number of piperidine rings is 1. The minimum Gasteiger partial charge on any atom is -0.450 e. The topological polar surface area (TPSA) is 138 Å². The van der Waals surface area contributed by atoms with Crippen LogP contribution >= 0.6 is 0 Å². The predicted octanol–water partition coefficient (Wildman–Crippen LogP) is 1.93. The lowest BCUT2D eigenvalue weighted by Gasteiger charge is -2.46. The van der Waals surface area contributed by atoms with Crippen LogP contribution in [0.1, 0.15) is 25.3 Å². The molecule has 2 aromatic rings. The second kappa shape index (κ2) is 11.4. The third-order valence-electron chi connectivity index (χ3n) is 7.02. The number of sulfonamides is 1. The number of piperazine rings is 1. The highest BCUT2D eigenvalue weighted by Crippen LogP contribution is 2.29. The maximum atomic E-state index is 13.2. The van der Waals surface area contributed by atoms with Crippen LogP contribution in [0.15, 0.2) is 54.1 Å². The van der Waals surface area contributed by atoms with Gasteiger partial charge in [0, 0.05) is 50.7 Å². The monoisotopic (exact) mass is 542 g/mol. The molecule has 2 aliphatic rings. The summed E-state index contributed by atoms with van der Waals surface area (Å²) >= 11 is 0. The van der Waals surface area contributed by atoms with Crippen molar-refractivity contribution in [3.63, 3.8) is 0 Å². The summed E-state index contributed by atoms with van der Waals surface area (Å²) in [6, 6.07) is 10.1. The summed E-state index contributed by atoms with van der Waals surface area (Å²) in [5, 5.41) is 3.00. The molecule has 1 aromatic heterocycles. The maximum absolute atomic E-state index is 13.2. The zero-order chi connectivity index (χ0) is 27.3. The molecular formula is C26H34N6O5S. The van der Waals surface area contributed by atoms with Crippen LogP contribution < -0.4 is 16.0 Å². The van der Waals surface area contributed by atoms with Gasteiger partial charge in [0.05, 0.1) is 23.6 Å². The van der Waals surface area contributed by atoms with Gasteiger partial charge in [0.2, 0.25) is 15.9 Å². The lowest BCUT2D eigenvalue weighted by atomic mass is 9.86. The van der Waals surface area contributed by atoms with Crippen LogP contribution in [-0.2, 0) is 19.6 Å². The number of amides is 2. The van der Waals surface area contributed by atoms with E-state index < -0.39 is 21.7 Å². The number of ether oxygens (including phenoxy) is 1. The largest absolute Gasteiger partial charge is 0.450 e. The normalized spacial score (nSPS) is 18.2. The van der Waals surface area contributed by atoms with Gasteiger partial charge in [0.15, 0.2) is 0 Å². The Kier molecular flexibility index (Phi) is 8.22. The summed E-state index contributed by atoms with van der Waals surface area (Å²) in [6.45, 7) is 7.28. The number of benzene rings is 1. The van der Waals surface area contributed by atoms with Gasteiger partial charge in [-0.25, -0.2) is 18.2 Å². The first-order chi connectivity index (χ1) is 18.2. The van der Waals surface area contributed by atoms with E-state index in [-0.39, 0.29) is 43.6 Å². The van der Waals surface area contributed by atoms with Crippen molar-refractivity contribution in [1.29, 1.82) is 0 Å². The Morgan fingerprint density at radius 3 is 2.50 bits per heavy atom. The van der Waals surface area contributed by atoms with E-state index in [0.29, 0.717) is 31.7 Å². The fourth-order valence-corrected chi connectivity index (χ4v) is 6.26. The van der Waals surface area contributed by atoms with Crippen molar-refractivity contribution in [3.8, 4) is 0 Å². The van der Waals surface area contributed by atoms with Gasteiger partial charge >= 0.3 is 6.09 Å². The number of carbonyl (C=O) groups is 2. The minimum atomic E-state index is -3.82. The fraction of sp³-hybridized carbons (Fsp3) is 0.423. The zero-order valence-corrected chi connectivity index (χ0v) is 22.3. The van der Waals surface area contributed by atoms with E-state index in [0.717, 1.165) is 11.3 Å². The second-order valence-electron chi connectivity index (χ2n) is 9.48. The van der Waals surface area contributed by atoms with Crippen LogP contribution in [0.3, 0.4) is 0 Å². The lowest BCUT2D eigenvalue weighted by Crippen LogP contribution is -2.64. The number of hydrogen-bond donors (Lipinski definition) is 2. The number of nitrogen functional groups attached to an aromatic ring is 1. The summed E-state index contributed by atoms with van der Waals surface area (Å²) in [5.41, 5.74) is 6.88. The van der Waals surface area contributed by atoms with E-state index in [4.69, 9.17) is 10.5 Å². The average Bonchev–Trinajstić information content (AvgIpc) is 2.90. The molecule has 2 fully saturated rings. The summed E-state index contributed by atoms with van der Waals surface area (Å²) in [6.07, 6.45) is 3.88. The van der Waals surface area contributed by atoms with Crippen molar-refractivity contribution in [3.05, 3.63) is 54.7 Å². The summed E-state index contributed by atoms with van der Waals surface area (Å²) in [7, 11) is -3.82. The van der Waals surface area contributed by atoms with Crippen LogP contribution in [0.4, 0.5) is 16.3 Å². The molecule has 38 heavy (non-hydrogen) atoms. The molecule has 0 bridgehead atoms. The van der Waals surface area contributed by atoms with Crippen LogP contribution in [-0.4, -0.2) is 86.0 Å². The van der Waals surface area contributed by atoms with Crippen molar-refractivity contribution in [2.75, 3.05) is 56.5 Å². The van der Waals surface area contributed by atoms with Gasteiger partial charge in [-0.05, 0) is 43.5 Å². The number of nitrogens with zero attached hydrogens (tertiary/aromatic N) is 4. The van der Waals surface area contributed by atoms with E-state index in [2.05, 4.69) is 21.8 Å². The molecule has 204 valence electrons. The average molecular weight is 543 g/mol. The molecule has 0 radical (unpaired) electrons. The standard InChI is InChI=1S/C26H34N6O5S/c1-3-20-5-7-22(8-6-20)38(35,36)32-16-15-31(24(33)18-32)19-26(29-25(34)37-4-2)10-13-30(14-11-26)21-9-12-28-23(27)17-21/h3,5-9,12,17H,1,4,10-11,13-16,18-19H2,2H3,(H2,27,28)(H,29,34). The molecule has 0 atom stereocenters. The Morgan fingerprint density at radius 1 is 1.18 bits per heavy atom. The van der Waals surface area contributed by atoms with Crippen LogP contribution in [0.5, 0.6) is 0 Å². The maximum Gasteiger partial charge on any atom is 0.407 e. The highest BCUT2D eigenvalue weighted by atomic mass is 32.2. The number of carbonyl (C=O) groups excluding carboxylic acids is 2. The molecule has 1 aromatic carbocycles. The first-order valence-electron chi connectivity index (χ1n) is 12.6. The Hall–Kier alpha value is -3.64. The Balaban J connectivity index is 1.45. The minimum absolute atomic E-state index is 0.133. The van der Waals surface area contributed by atoms with Gasteiger partial charge in [-0.2, -0.15) is 4.31 Å². The van der Waals surface area contributed by atoms with Gasteiger partial charge < -0.3 is 25.6 Å². The number of alkyl carbamates (subject to hydrolysis) is 1. The summed E-state index contributed by atoms with van der Waals surface area (Å²) in [5.74, 6) is 0.121. The van der Waals surface area contributed by atoms with Gasteiger partial charge in [-0.3, -0.25) is 4.79 Å². The van der Waals surface area contributed by atoms with Crippen molar-refractivity contribution >= 4 is 39.6 Å². The molecule has 0 saturated carbocycles. The molecule has 2 saturated heterocycles. The van der Waals surface area contributed by atoms with E-state index in [1.807, 2.05) is 6.07 Å². The molecule has 0 unspecified atom stereocenters. The molecule has 2 amide bonds. The van der Waals surface area contributed by atoms with Crippen LogP contribution in [0.2, 0.25) is 0 Å². The molecule has 0 spiro atoms. The van der Waals surface area contributed by atoms with E-state index in [1.165, 1.54) is 16.4 Å². The SMILES string of the molecule is C=Cc1ccc(S(=O)(=O)N2CCN(CC3(NC(=O)OCC)CCN(c4ccnc(N)c4)CC3)C(=O)C2)cc1. The van der Waals surface area contributed by atoms with Gasteiger partial charge in [-0.1, -0.05) is 24.8 Å². The first-order valence-corrected chi connectivity index (χ1v) is 14.0. The lowest BCUT2D eigenvalue weighted by molar-refractivity contribution is -0.135. The van der Waals surface area contributed by atoms with Crippen molar-refractivity contribution < 1.29 is 22.7 Å². The van der Waals surface area contributed by atoms with Crippen LogP contribution in [0.25, 0.3) is 6.08 Å². The van der Waals surface area contributed by atoms with E-state index >= 15 is 0 Å². The number of aromatic nitrogens is 1. The smallest absolute Gasteiger partial charge is 0.407 e. The first kappa shape index (κ1) is 27.4. The highest BCUT2D eigenvalue weighted by Gasteiger charge is 2.41. The van der Waals surface area contributed by atoms with Gasteiger partial charge in [-0.15, -0.1) is 0 Å². The Morgan fingerprint density at radius 2 is 1.89 bits per heavy atom. The third-order valence-corrected chi connectivity index (χ3v) is 8.88. The number of pyridine rings is 1. The molecule has 4 rings (SSSR count). The van der Waals surface area contributed by atoms with E-state index in [9.17, 15) is 18.0 Å². The Bertz CT molecular complexity index is 1280. The highest BCUT2D eigenvalue weighted by molar-refractivity contribution is 7.89. The summed E-state index contributed by atoms with van der Waals surface area (Å²) < 4.78 is 32.6. The molecule has 3 N–H and O–H groups in total. The molecule has 2 aliphatic heterocycles. The van der Waals surface area contributed by atoms with Crippen molar-refractivity contribution in [2.45, 2.75) is 30.2 Å². The second-order valence-corrected chi connectivity index (χ2v) is 11.4. The van der Waals surface area contributed by atoms with Gasteiger partial charge in [0.1, 0.15) is 5.82 Å². The fourth-order valence-electron chi connectivity index (χ4n) is 4.88. The molecule has 0 aliphatic carbocycles.